The smallest absolute Gasteiger partial charge is 0.462 e. The van der Waals surface area contributed by atoms with Gasteiger partial charge in [0.1, 0.15) is 42.7 Å². The van der Waals surface area contributed by atoms with Gasteiger partial charge in [-0.1, -0.05) is 388 Å². The second-order valence-electron chi connectivity index (χ2n) is 35.5. The van der Waals surface area contributed by atoms with E-state index in [1.54, 1.807) is 0 Å². The van der Waals surface area contributed by atoms with Crippen molar-refractivity contribution in [2.45, 2.75) is 558 Å². The van der Waals surface area contributed by atoms with Crippen LogP contribution in [0.25, 0.3) is 0 Å². The average molecular weight is 1730 g/mol. The molecular weight excluding hydrogens is 1550 g/mol. The summed E-state index contributed by atoms with van der Waals surface area (Å²) < 4.78 is 61.9. The number of amides is 2. The fraction of sp³-hybridized carbons (Fsp3) is 0.938. The number of carbonyl (C=O) groups excluding carboxylic acids is 6. The van der Waals surface area contributed by atoms with Crippen molar-refractivity contribution in [2.75, 3.05) is 19.8 Å². The number of esters is 4. The number of rotatable bonds is 84. The van der Waals surface area contributed by atoms with Gasteiger partial charge in [0.15, 0.2) is 18.5 Å². The molecular formula is C96H181N2O21P. The van der Waals surface area contributed by atoms with Crippen molar-refractivity contribution in [3.8, 4) is 0 Å². The number of aliphatic hydroxyl groups excluding tert-OH is 4. The molecule has 0 spiro atoms. The summed E-state index contributed by atoms with van der Waals surface area (Å²) >= 11 is 0. The van der Waals surface area contributed by atoms with E-state index in [9.17, 15) is 63.5 Å². The molecule has 120 heavy (non-hydrogen) atoms. The second kappa shape index (κ2) is 76.8. The number of unbranched alkanes of at least 4 members (excludes halogenated alkanes) is 52. The van der Waals surface area contributed by atoms with Gasteiger partial charge in [0, 0.05) is 12.8 Å². The molecule has 2 heterocycles. The van der Waals surface area contributed by atoms with E-state index in [-0.39, 0.29) is 38.3 Å². The number of carbonyl (C=O) groups is 6. The Kier molecular flexibility index (Phi) is 72.2. The van der Waals surface area contributed by atoms with Crippen LogP contribution in [0.4, 0.5) is 0 Å². The maximum Gasteiger partial charge on any atom is 0.470 e. The standard InChI is InChI=1S/C96H181N2O21P/c1-7-13-19-25-31-37-38-39-40-46-52-58-63-69-87(104)114-80(67-61-55-49-43-34-28-22-16-10-4)73-86(103)97-82-76-112-84(92(108)93(82)117-89(106)72-79(101)66-60-54-48-42-33-27-21-15-9-3)77-113-96-91(98-85(102)71-78(100)65-59-53-47-41-32-26-20-14-8-2)95(94(83(75-99)116-96)119-120(109,110)111)118-90(107)74-81(68-62-56-50-44-35-29-23-17-11-5)115-88(105)70-64-57-51-45-36-30-24-18-12-6/h78-84,91-96,99-101,108H,7-77H2,1-6H3,(H,97,103)(H,98,102)(H2,109,110,111)/t78-,79-,80-,81-,82?,83?,84?,91?,92?,93?,94?,95?,96?/m1/s1. The predicted octanol–water partition coefficient (Wildman–Crippen LogP) is 21.9. The van der Waals surface area contributed by atoms with E-state index in [4.69, 9.17) is 37.7 Å². The Morgan fingerprint density at radius 2 is 0.692 bits per heavy atom. The zero-order valence-corrected chi connectivity index (χ0v) is 77.9. The molecule has 2 saturated heterocycles. The Balaban J connectivity index is 2.61. The van der Waals surface area contributed by atoms with Gasteiger partial charge in [-0.3, -0.25) is 33.3 Å². The summed E-state index contributed by atoms with van der Waals surface area (Å²) in [5, 5.41) is 51.9. The van der Waals surface area contributed by atoms with Crippen molar-refractivity contribution in [1.82, 2.24) is 10.6 Å². The number of aliphatic hydroxyl groups is 4. The third-order valence-electron chi connectivity index (χ3n) is 24.1. The van der Waals surface area contributed by atoms with Crippen molar-refractivity contribution < 1.29 is 101 Å². The average Bonchev–Trinajstić information content (AvgIpc) is 0.777. The summed E-state index contributed by atoms with van der Waals surface area (Å²) in [7, 11) is -5.55. The molecule has 13 atom stereocenters. The summed E-state index contributed by atoms with van der Waals surface area (Å²) in [6.45, 7) is 11.1. The highest BCUT2D eigenvalue weighted by Gasteiger charge is 2.53. The number of ether oxygens (including phenoxy) is 7. The third-order valence-corrected chi connectivity index (χ3v) is 24.6. The first-order valence-corrected chi connectivity index (χ1v) is 51.4. The van der Waals surface area contributed by atoms with E-state index in [0.29, 0.717) is 51.4 Å². The molecule has 2 aliphatic heterocycles. The highest BCUT2D eigenvalue weighted by Crippen LogP contribution is 2.43. The van der Waals surface area contributed by atoms with E-state index < -0.39 is 149 Å². The Bertz CT molecular complexity index is 2510. The Morgan fingerprint density at radius 1 is 0.375 bits per heavy atom. The molecule has 23 nitrogen and oxygen atoms in total. The molecule has 0 aromatic heterocycles. The van der Waals surface area contributed by atoms with Gasteiger partial charge < -0.3 is 74.0 Å². The van der Waals surface area contributed by atoms with Crippen LogP contribution in [0.5, 0.6) is 0 Å². The van der Waals surface area contributed by atoms with Crippen LogP contribution in [0.2, 0.25) is 0 Å². The molecule has 8 N–H and O–H groups in total. The van der Waals surface area contributed by atoms with E-state index in [1.165, 1.54) is 161 Å². The van der Waals surface area contributed by atoms with Crippen LogP contribution in [-0.2, 0) is 71.0 Å². The van der Waals surface area contributed by atoms with Crippen LogP contribution in [0.3, 0.4) is 0 Å². The van der Waals surface area contributed by atoms with E-state index in [1.807, 2.05) is 0 Å². The third kappa shape index (κ3) is 61.1. The summed E-state index contributed by atoms with van der Waals surface area (Å²) in [5.74, 6) is -4.08. The van der Waals surface area contributed by atoms with Gasteiger partial charge in [0.25, 0.3) is 0 Å². The summed E-state index contributed by atoms with van der Waals surface area (Å²) in [5.41, 5.74) is 0. The molecule has 0 aromatic rings. The molecule has 0 radical (unpaired) electrons. The molecule has 0 saturated carbocycles. The lowest BCUT2D eigenvalue weighted by Crippen LogP contribution is -2.67. The van der Waals surface area contributed by atoms with E-state index in [0.717, 1.165) is 180 Å². The number of hydrogen-bond donors (Lipinski definition) is 8. The minimum atomic E-state index is -5.55. The molecule has 2 amide bonds. The van der Waals surface area contributed by atoms with Crippen LogP contribution in [-0.4, -0.2) is 165 Å². The molecule has 2 aliphatic rings. The Hall–Kier alpha value is -3.35. The zero-order chi connectivity index (χ0) is 87.7. The SMILES string of the molecule is CCCCCCCCCCCCCCCC(=O)O[C@H](CCCCCCCCCCC)CC(=O)NC1COC(COC2OC(CO)C(OP(=O)(O)O)C(OC(=O)C[C@@H](CCCCCCCCCCC)OC(=O)CCCCCCCCCCC)C2NC(=O)C[C@H](O)CCCCCCCCCCC)C(O)C1OC(=O)C[C@H](O)CCCCCCCCCCC. The fourth-order valence-electron chi connectivity index (χ4n) is 16.7. The van der Waals surface area contributed by atoms with Crippen molar-refractivity contribution in [3.63, 3.8) is 0 Å². The van der Waals surface area contributed by atoms with Crippen LogP contribution < -0.4 is 10.6 Å². The zero-order valence-electron chi connectivity index (χ0n) is 77.0. The topological polar surface area (TPSA) is 339 Å². The molecule has 9 unspecified atom stereocenters. The van der Waals surface area contributed by atoms with Crippen LogP contribution in [0, 0.1) is 0 Å². The van der Waals surface area contributed by atoms with Gasteiger partial charge in [0.05, 0.1) is 63.8 Å². The van der Waals surface area contributed by atoms with E-state index in [2.05, 4.69) is 52.2 Å². The van der Waals surface area contributed by atoms with Gasteiger partial charge >= 0.3 is 31.7 Å². The van der Waals surface area contributed by atoms with Gasteiger partial charge in [0.2, 0.25) is 11.8 Å². The minimum absolute atomic E-state index is 0.131. The van der Waals surface area contributed by atoms with E-state index >= 15 is 0 Å². The number of hydrogen-bond acceptors (Lipinski definition) is 19. The lowest BCUT2D eigenvalue weighted by atomic mass is 9.95. The highest BCUT2D eigenvalue weighted by molar-refractivity contribution is 7.46. The van der Waals surface area contributed by atoms with Gasteiger partial charge in [-0.2, -0.15) is 0 Å². The maximum atomic E-state index is 14.8. The quantitative estimate of drug-likeness (QED) is 0.0121. The van der Waals surface area contributed by atoms with Crippen molar-refractivity contribution >= 4 is 43.5 Å². The van der Waals surface area contributed by atoms with Gasteiger partial charge in [-0.25, -0.2) is 4.57 Å². The van der Waals surface area contributed by atoms with Crippen molar-refractivity contribution in [1.29, 1.82) is 0 Å². The van der Waals surface area contributed by atoms with Gasteiger partial charge in [-0.05, 0) is 51.4 Å². The maximum absolute atomic E-state index is 14.8. The van der Waals surface area contributed by atoms with Crippen molar-refractivity contribution in [3.05, 3.63) is 0 Å². The lowest BCUT2D eigenvalue weighted by Gasteiger charge is -2.46. The first-order valence-electron chi connectivity index (χ1n) is 49.9. The van der Waals surface area contributed by atoms with Crippen LogP contribution >= 0.6 is 7.82 Å². The fourth-order valence-corrected chi connectivity index (χ4v) is 17.2. The summed E-state index contributed by atoms with van der Waals surface area (Å²) in [6, 6.07) is -2.92. The highest BCUT2D eigenvalue weighted by atomic mass is 31.2. The molecule has 0 aromatic carbocycles. The predicted molar refractivity (Wildman–Crippen MR) is 478 cm³/mol. The molecule has 706 valence electrons. The molecule has 0 aliphatic carbocycles. The van der Waals surface area contributed by atoms with Crippen LogP contribution in [0.15, 0.2) is 0 Å². The summed E-state index contributed by atoms with van der Waals surface area (Å²) in [4.78, 5) is 106. The number of nitrogens with one attached hydrogen (secondary N) is 2. The second-order valence-corrected chi connectivity index (χ2v) is 36.7. The summed E-state index contributed by atoms with van der Waals surface area (Å²) in [6.07, 6.45) is 46.0. The minimum Gasteiger partial charge on any atom is -0.462 e. The first kappa shape index (κ1) is 113. The normalized spacial score (nSPS) is 19.8. The number of phosphoric ester groups is 1. The molecule has 24 heteroatoms. The Labute approximate surface area is 729 Å². The molecule has 0 bridgehead atoms. The monoisotopic (exact) mass is 1730 g/mol. The number of phosphoric acid groups is 1. The first-order chi connectivity index (χ1) is 58.2. The van der Waals surface area contributed by atoms with Crippen LogP contribution in [0.1, 0.15) is 478 Å². The largest absolute Gasteiger partial charge is 0.470 e. The molecule has 2 fully saturated rings. The van der Waals surface area contributed by atoms with Gasteiger partial charge in [-0.15, -0.1) is 0 Å². The lowest BCUT2D eigenvalue weighted by molar-refractivity contribution is -0.282. The Morgan fingerprint density at radius 3 is 1.06 bits per heavy atom. The molecule has 2 rings (SSSR count). The van der Waals surface area contributed by atoms with Crippen molar-refractivity contribution in [2.24, 2.45) is 0 Å².